The molecule has 25 heavy (non-hydrogen) atoms. The molecule has 0 aromatic carbocycles. The third-order valence-electron chi connectivity index (χ3n) is 4.64. The third kappa shape index (κ3) is 3.44. The van der Waals surface area contributed by atoms with Crippen LogP contribution in [0.3, 0.4) is 0 Å². The van der Waals surface area contributed by atoms with Crippen molar-refractivity contribution in [1.29, 1.82) is 0 Å². The molecule has 1 amide bonds. The maximum absolute atomic E-state index is 12.9. The number of rotatable bonds is 6. The average Bonchev–Trinajstić information content (AvgIpc) is 2.95. The first-order valence-corrected chi connectivity index (χ1v) is 9.36. The average molecular weight is 357 g/mol. The van der Waals surface area contributed by atoms with Crippen molar-refractivity contribution in [3.8, 4) is 0 Å². The number of carbonyl (C=O) groups excluding carboxylic acids is 1. The van der Waals surface area contributed by atoms with E-state index in [0.717, 1.165) is 29.7 Å². The van der Waals surface area contributed by atoms with Gasteiger partial charge in [0.1, 0.15) is 11.4 Å². The zero-order valence-corrected chi connectivity index (χ0v) is 15.3. The number of aryl methyl sites for hydroxylation is 1. The lowest BCUT2D eigenvalue weighted by Gasteiger charge is -2.20. The first kappa shape index (κ1) is 17.6. The fourth-order valence-corrected chi connectivity index (χ4v) is 4.66. The third-order valence-corrected chi connectivity index (χ3v) is 5.80. The molecule has 0 bridgehead atoms. The Hall–Kier alpha value is -2.21. The fraction of sp³-hybridized carbons (Fsp3) is 0.421. The summed E-state index contributed by atoms with van der Waals surface area (Å²) in [5.74, 6) is 0.511. The van der Waals surface area contributed by atoms with Crippen LogP contribution in [0, 0.1) is 5.92 Å². The summed E-state index contributed by atoms with van der Waals surface area (Å²) in [6.45, 7) is 10.4. The maximum atomic E-state index is 12.9. The topological polar surface area (TPSA) is 55.2 Å². The second-order valence-electron chi connectivity index (χ2n) is 6.59. The number of nitrogens with zero attached hydrogens (tertiary/aromatic N) is 3. The molecule has 6 heteroatoms. The second-order valence-corrected chi connectivity index (χ2v) is 7.67. The molecule has 5 nitrogen and oxygen atoms in total. The molecule has 1 atom stereocenters. The Kier molecular flexibility index (Phi) is 5.18. The van der Waals surface area contributed by atoms with E-state index in [2.05, 4.69) is 25.1 Å². The monoisotopic (exact) mass is 357 g/mol. The van der Waals surface area contributed by atoms with Gasteiger partial charge in [-0.3, -0.25) is 14.2 Å². The molecule has 2 aromatic heterocycles. The lowest BCUT2D eigenvalue weighted by molar-refractivity contribution is -0.130. The molecular formula is C19H23N3O2S. The van der Waals surface area contributed by atoms with Crippen molar-refractivity contribution in [2.45, 2.75) is 32.7 Å². The largest absolute Gasteiger partial charge is 0.334 e. The van der Waals surface area contributed by atoms with Crippen LogP contribution in [0.1, 0.15) is 23.8 Å². The van der Waals surface area contributed by atoms with Gasteiger partial charge in [0.25, 0.3) is 5.56 Å². The van der Waals surface area contributed by atoms with Gasteiger partial charge in [0.05, 0.1) is 11.7 Å². The highest BCUT2D eigenvalue weighted by molar-refractivity contribution is 7.18. The van der Waals surface area contributed by atoms with Gasteiger partial charge in [-0.05, 0) is 30.7 Å². The molecule has 1 aliphatic rings. The standard InChI is InChI=1S/C19H23N3O2S/c1-4-8-21(9-5-2)16(23)11-22-12-20-18-17(19(22)24)14-7-6-13(3)10-15(14)25-18/h4-5,12-13H,1-2,6-11H2,3H3. The molecule has 132 valence electrons. The molecule has 1 unspecified atom stereocenters. The zero-order valence-electron chi connectivity index (χ0n) is 14.5. The summed E-state index contributed by atoms with van der Waals surface area (Å²) in [5.41, 5.74) is 1.04. The van der Waals surface area contributed by atoms with Crippen molar-refractivity contribution < 1.29 is 4.79 Å². The van der Waals surface area contributed by atoms with Crippen molar-refractivity contribution >= 4 is 27.5 Å². The number of aromatic nitrogens is 2. The number of hydrogen-bond acceptors (Lipinski definition) is 4. The highest BCUT2D eigenvalue weighted by atomic mass is 32.1. The van der Waals surface area contributed by atoms with Crippen LogP contribution in [0.2, 0.25) is 0 Å². The number of hydrogen-bond donors (Lipinski definition) is 0. The van der Waals surface area contributed by atoms with Gasteiger partial charge < -0.3 is 4.90 Å². The summed E-state index contributed by atoms with van der Waals surface area (Å²) in [7, 11) is 0. The Balaban J connectivity index is 1.94. The number of carbonyl (C=O) groups is 1. The number of thiophene rings is 1. The summed E-state index contributed by atoms with van der Waals surface area (Å²) in [6, 6.07) is 0. The van der Waals surface area contributed by atoms with Crippen LogP contribution >= 0.6 is 11.3 Å². The van der Waals surface area contributed by atoms with E-state index in [1.54, 1.807) is 28.4 Å². The van der Waals surface area contributed by atoms with E-state index in [4.69, 9.17) is 0 Å². The Morgan fingerprint density at radius 2 is 2.16 bits per heavy atom. The van der Waals surface area contributed by atoms with Gasteiger partial charge in [-0.2, -0.15) is 0 Å². The van der Waals surface area contributed by atoms with Crippen molar-refractivity contribution in [2.24, 2.45) is 5.92 Å². The molecule has 0 radical (unpaired) electrons. The maximum Gasteiger partial charge on any atom is 0.262 e. The molecular weight excluding hydrogens is 334 g/mol. The van der Waals surface area contributed by atoms with Gasteiger partial charge in [0, 0.05) is 18.0 Å². The van der Waals surface area contributed by atoms with Gasteiger partial charge in [-0.1, -0.05) is 19.1 Å². The summed E-state index contributed by atoms with van der Waals surface area (Å²) >= 11 is 1.62. The van der Waals surface area contributed by atoms with Gasteiger partial charge in [-0.25, -0.2) is 4.98 Å². The van der Waals surface area contributed by atoms with Crippen LogP contribution in [0.15, 0.2) is 36.4 Å². The molecule has 0 fully saturated rings. The molecule has 0 spiro atoms. The Morgan fingerprint density at radius 1 is 1.44 bits per heavy atom. The zero-order chi connectivity index (χ0) is 18.0. The predicted octanol–water partition coefficient (Wildman–Crippen LogP) is 2.78. The van der Waals surface area contributed by atoms with E-state index in [1.807, 2.05) is 0 Å². The second kappa shape index (κ2) is 7.35. The predicted molar refractivity (Wildman–Crippen MR) is 102 cm³/mol. The lowest BCUT2D eigenvalue weighted by Crippen LogP contribution is -2.36. The number of amides is 1. The summed E-state index contributed by atoms with van der Waals surface area (Å²) in [5, 5.41) is 0.709. The molecule has 0 N–H and O–H groups in total. The Morgan fingerprint density at radius 3 is 2.84 bits per heavy atom. The van der Waals surface area contributed by atoms with Crippen molar-refractivity contribution in [2.75, 3.05) is 13.1 Å². The quantitative estimate of drug-likeness (QED) is 0.747. The minimum atomic E-state index is -0.138. The van der Waals surface area contributed by atoms with Crippen LogP contribution in [0.4, 0.5) is 0 Å². The normalized spacial score (nSPS) is 16.4. The summed E-state index contributed by atoms with van der Waals surface area (Å²) in [4.78, 5) is 33.6. The number of fused-ring (bicyclic) bond motifs is 3. The minimum absolute atomic E-state index is 0.00945. The van der Waals surface area contributed by atoms with Gasteiger partial charge in [0.2, 0.25) is 5.91 Å². The van der Waals surface area contributed by atoms with E-state index in [0.29, 0.717) is 24.4 Å². The molecule has 2 aromatic rings. The summed E-state index contributed by atoms with van der Waals surface area (Å²) < 4.78 is 1.43. The molecule has 2 heterocycles. The van der Waals surface area contributed by atoms with Crippen LogP contribution in [0.25, 0.3) is 10.2 Å². The summed E-state index contributed by atoms with van der Waals surface area (Å²) in [6.07, 6.45) is 7.86. The van der Waals surface area contributed by atoms with Crippen LogP contribution in [0.5, 0.6) is 0 Å². The van der Waals surface area contributed by atoms with Crippen molar-refractivity contribution in [3.63, 3.8) is 0 Å². The highest BCUT2D eigenvalue weighted by Crippen LogP contribution is 2.35. The van der Waals surface area contributed by atoms with Crippen LogP contribution in [-0.4, -0.2) is 33.4 Å². The van der Waals surface area contributed by atoms with Crippen LogP contribution in [-0.2, 0) is 24.2 Å². The molecule has 0 saturated heterocycles. The van der Waals surface area contributed by atoms with Gasteiger partial charge >= 0.3 is 0 Å². The Bertz CT molecular complexity index is 871. The van der Waals surface area contributed by atoms with Gasteiger partial charge in [0.15, 0.2) is 0 Å². The van der Waals surface area contributed by atoms with E-state index in [1.165, 1.54) is 15.8 Å². The molecule has 3 rings (SSSR count). The van der Waals surface area contributed by atoms with E-state index in [-0.39, 0.29) is 18.0 Å². The molecule has 0 saturated carbocycles. The highest BCUT2D eigenvalue weighted by Gasteiger charge is 2.23. The SMILES string of the molecule is C=CCN(CC=C)C(=O)Cn1cnc2sc3c(c2c1=O)CCC(C)C3. The smallest absolute Gasteiger partial charge is 0.262 e. The molecule has 1 aliphatic carbocycles. The lowest BCUT2D eigenvalue weighted by atomic mass is 9.89. The van der Waals surface area contributed by atoms with Crippen LogP contribution < -0.4 is 5.56 Å². The van der Waals surface area contributed by atoms with E-state index in [9.17, 15) is 9.59 Å². The van der Waals surface area contributed by atoms with E-state index >= 15 is 0 Å². The van der Waals surface area contributed by atoms with E-state index < -0.39 is 0 Å². The van der Waals surface area contributed by atoms with Gasteiger partial charge in [-0.15, -0.1) is 24.5 Å². The Labute approximate surface area is 151 Å². The minimum Gasteiger partial charge on any atom is -0.334 e. The van der Waals surface area contributed by atoms with Crippen molar-refractivity contribution in [1.82, 2.24) is 14.5 Å². The fourth-order valence-electron chi connectivity index (χ4n) is 3.31. The molecule has 0 aliphatic heterocycles. The first-order valence-electron chi connectivity index (χ1n) is 8.54. The first-order chi connectivity index (χ1) is 12.0. The van der Waals surface area contributed by atoms with Crippen molar-refractivity contribution in [3.05, 3.63) is 52.4 Å².